The molecule has 9 heteroatoms. The molecule has 5 rings (SSSR count). The molecule has 1 aliphatic rings. The molecule has 4 aromatic rings. The highest BCUT2D eigenvalue weighted by Gasteiger charge is 2.21. The van der Waals surface area contributed by atoms with E-state index in [9.17, 15) is 4.79 Å². The maximum Gasteiger partial charge on any atom is 0.255 e. The number of carbonyl (C=O) groups is 1. The lowest BCUT2D eigenvalue weighted by molar-refractivity contribution is 0.0951. The van der Waals surface area contributed by atoms with Crippen LogP contribution >= 0.6 is 11.6 Å². The summed E-state index contributed by atoms with van der Waals surface area (Å²) in [5.41, 5.74) is 8.59. The van der Waals surface area contributed by atoms with Gasteiger partial charge in [-0.1, -0.05) is 29.8 Å². The molecule has 0 atom stereocenters. The minimum Gasteiger partial charge on any atom is -0.383 e. The summed E-state index contributed by atoms with van der Waals surface area (Å²) < 4.78 is 0. The number of likely N-dealkylation sites (tertiary alicyclic amines) is 1. The first-order chi connectivity index (χ1) is 18.0. The topological polar surface area (TPSA) is 109 Å². The third kappa shape index (κ3) is 6.34. The number of nitrogens with one attached hydrogen (secondary N) is 2. The summed E-state index contributed by atoms with van der Waals surface area (Å²) in [6, 6.07) is 13.5. The van der Waals surface area contributed by atoms with Gasteiger partial charge in [0.2, 0.25) is 0 Å². The zero-order chi connectivity index (χ0) is 25.6. The van der Waals surface area contributed by atoms with Crippen molar-refractivity contribution >= 4 is 39.9 Å². The van der Waals surface area contributed by atoms with Crippen LogP contribution in [-0.2, 0) is 13.1 Å². The van der Waals surface area contributed by atoms with Gasteiger partial charge in [-0.15, -0.1) is 0 Å². The van der Waals surface area contributed by atoms with Gasteiger partial charge in [-0.3, -0.25) is 14.7 Å². The van der Waals surface area contributed by atoms with Crippen LogP contribution in [-0.4, -0.2) is 45.4 Å². The summed E-state index contributed by atoms with van der Waals surface area (Å²) in [6.45, 7) is 4.14. The second-order valence-electron chi connectivity index (χ2n) is 9.45. The number of pyridine rings is 3. The Kier molecular flexibility index (Phi) is 7.77. The maximum atomic E-state index is 13.1. The Hall–Kier alpha value is -3.75. The van der Waals surface area contributed by atoms with E-state index in [2.05, 4.69) is 36.6 Å². The Bertz CT molecular complexity index is 1370. The number of fused-ring (bicyclic) bond motifs is 1. The molecular formula is C28H30ClN7O. The van der Waals surface area contributed by atoms with Crippen LogP contribution in [0, 0.1) is 5.92 Å². The Morgan fingerprint density at radius 1 is 1.05 bits per heavy atom. The third-order valence-corrected chi connectivity index (χ3v) is 7.01. The van der Waals surface area contributed by atoms with Crippen molar-refractivity contribution in [3.05, 3.63) is 89.0 Å². The van der Waals surface area contributed by atoms with Crippen LogP contribution < -0.4 is 16.4 Å². The van der Waals surface area contributed by atoms with Crippen molar-refractivity contribution < 1.29 is 4.79 Å². The first-order valence-electron chi connectivity index (χ1n) is 12.5. The average molecular weight is 516 g/mol. The van der Waals surface area contributed by atoms with Crippen molar-refractivity contribution in [1.82, 2.24) is 25.2 Å². The summed E-state index contributed by atoms with van der Waals surface area (Å²) in [4.78, 5) is 28.3. The zero-order valence-electron chi connectivity index (χ0n) is 20.5. The Balaban J connectivity index is 1.16. The number of rotatable bonds is 8. The number of aromatic nitrogens is 3. The van der Waals surface area contributed by atoms with Gasteiger partial charge < -0.3 is 16.4 Å². The molecule has 0 aliphatic carbocycles. The van der Waals surface area contributed by atoms with E-state index in [0.29, 0.717) is 34.7 Å². The number of piperidine rings is 1. The molecular weight excluding hydrogens is 486 g/mol. The average Bonchev–Trinajstić information content (AvgIpc) is 2.92. The lowest BCUT2D eigenvalue weighted by Crippen LogP contribution is -2.35. The molecule has 1 saturated heterocycles. The molecule has 37 heavy (non-hydrogen) atoms. The maximum absolute atomic E-state index is 13.1. The van der Waals surface area contributed by atoms with Gasteiger partial charge in [-0.25, -0.2) is 9.97 Å². The van der Waals surface area contributed by atoms with Crippen LogP contribution in [0.15, 0.2) is 67.3 Å². The monoisotopic (exact) mass is 515 g/mol. The van der Waals surface area contributed by atoms with Crippen LogP contribution in [0.4, 0.5) is 11.6 Å². The number of carbonyl (C=O) groups excluding carboxylic acids is 1. The highest BCUT2D eigenvalue weighted by Crippen LogP contribution is 2.23. The summed E-state index contributed by atoms with van der Waals surface area (Å²) in [5.74, 6) is 1.33. The fourth-order valence-corrected chi connectivity index (χ4v) is 4.89. The van der Waals surface area contributed by atoms with E-state index in [1.807, 2.05) is 36.5 Å². The predicted octanol–water partition coefficient (Wildman–Crippen LogP) is 4.51. The van der Waals surface area contributed by atoms with Crippen molar-refractivity contribution in [3.63, 3.8) is 0 Å². The summed E-state index contributed by atoms with van der Waals surface area (Å²) in [7, 11) is 0. The lowest BCUT2D eigenvalue weighted by Gasteiger charge is -2.32. The minimum atomic E-state index is -0.224. The molecule has 190 valence electrons. The SMILES string of the molecule is Nc1nccc2cc(CNC(=O)c3cc(Cl)cnc3NCC3CCN(Cc4cccnc4)CC3)ccc12. The number of nitrogens with zero attached hydrogens (tertiary/aromatic N) is 4. The van der Waals surface area contributed by atoms with Crippen LogP contribution in [0.3, 0.4) is 0 Å². The molecule has 1 aromatic carbocycles. The number of halogens is 1. The van der Waals surface area contributed by atoms with Gasteiger partial charge in [0.05, 0.1) is 10.6 Å². The molecule has 0 saturated carbocycles. The fraction of sp³-hybridized carbons (Fsp3) is 0.286. The molecule has 1 fully saturated rings. The molecule has 0 unspecified atom stereocenters. The second-order valence-corrected chi connectivity index (χ2v) is 9.88. The van der Waals surface area contributed by atoms with Crippen molar-refractivity contribution in [3.8, 4) is 0 Å². The quantitative estimate of drug-likeness (QED) is 0.316. The summed E-state index contributed by atoms with van der Waals surface area (Å²) >= 11 is 6.19. The molecule has 4 heterocycles. The molecule has 0 bridgehead atoms. The number of hydrogen-bond acceptors (Lipinski definition) is 7. The number of hydrogen-bond donors (Lipinski definition) is 3. The first-order valence-corrected chi connectivity index (χ1v) is 12.8. The summed E-state index contributed by atoms with van der Waals surface area (Å²) in [6.07, 6.45) is 9.16. The van der Waals surface area contributed by atoms with Gasteiger partial charge in [0.25, 0.3) is 5.91 Å². The molecule has 8 nitrogen and oxygen atoms in total. The van der Waals surface area contributed by atoms with E-state index >= 15 is 0 Å². The minimum absolute atomic E-state index is 0.224. The van der Waals surface area contributed by atoms with Gasteiger partial charge in [0.15, 0.2) is 0 Å². The predicted molar refractivity (Wildman–Crippen MR) is 147 cm³/mol. The smallest absolute Gasteiger partial charge is 0.255 e. The molecule has 3 aromatic heterocycles. The van der Waals surface area contributed by atoms with Crippen molar-refractivity contribution in [2.45, 2.75) is 25.9 Å². The number of nitrogens with two attached hydrogens (primary N) is 1. The lowest BCUT2D eigenvalue weighted by atomic mass is 9.96. The second kappa shape index (κ2) is 11.5. The number of amides is 1. The van der Waals surface area contributed by atoms with Crippen LogP contribution in [0.2, 0.25) is 5.02 Å². The molecule has 1 aliphatic heterocycles. The van der Waals surface area contributed by atoms with Gasteiger partial charge in [0, 0.05) is 49.8 Å². The zero-order valence-corrected chi connectivity index (χ0v) is 21.3. The van der Waals surface area contributed by atoms with Gasteiger partial charge in [0.1, 0.15) is 11.6 Å². The van der Waals surface area contributed by atoms with E-state index in [0.717, 1.165) is 55.4 Å². The normalized spacial score (nSPS) is 14.5. The van der Waals surface area contributed by atoms with E-state index in [1.54, 1.807) is 24.7 Å². The third-order valence-electron chi connectivity index (χ3n) is 6.81. The number of anilines is 2. The van der Waals surface area contributed by atoms with Crippen molar-refractivity contribution in [1.29, 1.82) is 0 Å². The Morgan fingerprint density at radius 3 is 2.73 bits per heavy atom. The van der Waals surface area contributed by atoms with E-state index in [4.69, 9.17) is 17.3 Å². The standard InChI is InChI=1S/C28H30ClN7O/c29-23-13-25(28(37)35-16-20-3-4-24-22(12-20)5-9-32-26(24)30)27(34-17-23)33-15-19-6-10-36(11-7-19)18-21-2-1-8-31-14-21/h1-5,8-9,12-14,17,19H,6-7,10-11,15-16,18H2,(H2,30,32)(H,33,34)(H,35,37). The highest BCUT2D eigenvalue weighted by molar-refractivity contribution is 6.31. The number of benzene rings is 1. The van der Waals surface area contributed by atoms with Gasteiger partial charge >= 0.3 is 0 Å². The largest absolute Gasteiger partial charge is 0.383 e. The van der Waals surface area contributed by atoms with Crippen LogP contribution in [0.5, 0.6) is 0 Å². The first kappa shape index (κ1) is 24.9. The molecule has 4 N–H and O–H groups in total. The van der Waals surface area contributed by atoms with Crippen molar-refractivity contribution in [2.24, 2.45) is 5.92 Å². The van der Waals surface area contributed by atoms with Crippen LogP contribution in [0.25, 0.3) is 10.8 Å². The van der Waals surface area contributed by atoms with Gasteiger partial charge in [-0.05, 0) is 72.6 Å². The molecule has 1 amide bonds. The Morgan fingerprint density at radius 2 is 1.92 bits per heavy atom. The van der Waals surface area contributed by atoms with E-state index < -0.39 is 0 Å². The Labute approximate surface area is 221 Å². The van der Waals surface area contributed by atoms with Crippen LogP contribution in [0.1, 0.15) is 34.3 Å². The van der Waals surface area contributed by atoms with E-state index in [1.165, 1.54) is 5.56 Å². The number of nitrogen functional groups attached to an aromatic ring is 1. The van der Waals surface area contributed by atoms with Gasteiger partial charge in [-0.2, -0.15) is 0 Å². The molecule has 0 spiro atoms. The highest BCUT2D eigenvalue weighted by atomic mass is 35.5. The molecule has 0 radical (unpaired) electrons. The fourth-order valence-electron chi connectivity index (χ4n) is 4.73. The van der Waals surface area contributed by atoms with E-state index in [-0.39, 0.29) is 5.91 Å². The summed E-state index contributed by atoms with van der Waals surface area (Å²) in [5, 5.41) is 8.70. The van der Waals surface area contributed by atoms with Crippen molar-refractivity contribution in [2.75, 3.05) is 30.7 Å².